The molecule has 0 unspecified atom stereocenters. The van der Waals surface area contributed by atoms with Crippen LogP contribution in [-0.2, 0) is 9.53 Å². The van der Waals surface area contributed by atoms with Crippen LogP contribution in [0.2, 0.25) is 0 Å². The number of nitrogens with one attached hydrogen (secondary N) is 1. The Hall–Kier alpha value is -2.56. The first-order chi connectivity index (χ1) is 12.1. The van der Waals surface area contributed by atoms with E-state index in [1.54, 1.807) is 12.1 Å². The van der Waals surface area contributed by atoms with Gasteiger partial charge in [-0.1, -0.05) is 6.07 Å². The summed E-state index contributed by atoms with van der Waals surface area (Å²) in [6.45, 7) is 4.74. The molecule has 7 heteroatoms. The van der Waals surface area contributed by atoms with Gasteiger partial charge in [0, 0.05) is 19.6 Å². The molecule has 2 rings (SSSR count). The predicted molar refractivity (Wildman–Crippen MR) is 93.1 cm³/mol. The highest BCUT2D eigenvalue weighted by molar-refractivity contribution is 6.01. The van der Waals surface area contributed by atoms with Gasteiger partial charge in [-0.25, -0.2) is 0 Å². The highest BCUT2D eigenvalue weighted by Crippen LogP contribution is 2.27. The van der Waals surface area contributed by atoms with Gasteiger partial charge in [-0.05, 0) is 36.7 Å². The molecule has 1 fully saturated rings. The first-order valence-corrected chi connectivity index (χ1v) is 8.21. The summed E-state index contributed by atoms with van der Waals surface area (Å²) >= 11 is 0. The molecule has 0 atom stereocenters. The summed E-state index contributed by atoms with van der Waals surface area (Å²) in [5, 5.41) is 21.6. The van der Waals surface area contributed by atoms with E-state index in [1.165, 1.54) is 19.3 Å². The van der Waals surface area contributed by atoms with Crippen LogP contribution in [0.3, 0.4) is 0 Å². The third-order valence-corrected chi connectivity index (χ3v) is 3.92. The SMILES string of the molecule is COc1cc(/C=C(\C#N)C(=O)NCCCN2CCOCC2)ccc1O. The minimum Gasteiger partial charge on any atom is -0.504 e. The van der Waals surface area contributed by atoms with Crippen LogP contribution >= 0.6 is 0 Å². The lowest BCUT2D eigenvalue weighted by molar-refractivity contribution is -0.117. The van der Waals surface area contributed by atoms with Gasteiger partial charge in [-0.3, -0.25) is 9.69 Å². The number of ether oxygens (including phenoxy) is 2. The zero-order valence-corrected chi connectivity index (χ0v) is 14.3. The molecule has 0 aromatic heterocycles. The second-order valence-corrected chi connectivity index (χ2v) is 5.66. The average Bonchev–Trinajstić information content (AvgIpc) is 2.65. The fourth-order valence-electron chi connectivity index (χ4n) is 2.52. The van der Waals surface area contributed by atoms with Gasteiger partial charge < -0.3 is 19.9 Å². The molecule has 0 bridgehead atoms. The Morgan fingerprint density at radius 3 is 2.92 bits per heavy atom. The number of rotatable bonds is 7. The van der Waals surface area contributed by atoms with Crippen molar-refractivity contribution in [2.75, 3.05) is 46.5 Å². The molecule has 0 radical (unpaired) electrons. The summed E-state index contributed by atoms with van der Waals surface area (Å²) in [5.41, 5.74) is 0.619. The van der Waals surface area contributed by atoms with Gasteiger partial charge in [0.25, 0.3) is 5.91 Å². The van der Waals surface area contributed by atoms with Crippen molar-refractivity contribution < 1.29 is 19.4 Å². The number of hydrogen-bond donors (Lipinski definition) is 2. The van der Waals surface area contributed by atoms with E-state index in [0.717, 1.165) is 39.3 Å². The number of hydrogen-bond acceptors (Lipinski definition) is 6. The molecule has 1 aromatic carbocycles. The minimum atomic E-state index is -0.406. The lowest BCUT2D eigenvalue weighted by atomic mass is 10.1. The molecule has 1 aromatic rings. The fraction of sp³-hybridized carbons (Fsp3) is 0.444. The molecule has 0 spiro atoms. The van der Waals surface area contributed by atoms with Crippen molar-refractivity contribution in [3.05, 3.63) is 29.3 Å². The summed E-state index contributed by atoms with van der Waals surface area (Å²) in [5.74, 6) is -0.112. The van der Waals surface area contributed by atoms with Gasteiger partial charge in [-0.2, -0.15) is 5.26 Å². The first kappa shape index (κ1) is 18.8. The maximum atomic E-state index is 12.1. The molecule has 1 amide bonds. The number of nitrogens with zero attached hydrogens (tertiary/aromatic N) is 2. The smallest absolute Gasteiger partial charge is 0.261 e. The van der Waals surface area contributed by atoms with Crippen LogP contribution in [0.4, 0.5) is 0 Å². The number of aromatic hydroxyl groups is 1. The molecule has 0 aliphatic carbocycles. The summed E-state index contributed by atoms with van der Waals surface area (Å²) in [6, 6.07) is 6.55. The maximum absolute atomic E-state index is 12.1. The van der Waals surface area contributed by atoms with E-state index in [2.05, 4.69) is 10.2 Å². The molecule has 25 heavy (non-hydrogen) atoms. The molecular weight excluding hydrogens is 322 g/mol. The third-order valence-electron chi connectivity index (χ3n) is 3.92. The molecular formula is C18H23N3O4. The number of nitriles is 1. The van der Waals surface area contributed by atoms with Gasteiger partial charge >= 0.3 is 0 Å². The van der Waals surface area contributed by atoms with E-state index < -0.39 is 5.91 Å². The Morgan fingerprint density at radius 1 is 1.48 bits per heavy atom. The Labute approximate surface area is 147 Å². The number of phenols is 1. The largest absolute Gasteiger partial charge is 0.504 e. The Morgan fingerprint density at radius 2 is 2.24 bits per heavy atom. The van der Waals surface area contributed by atoms with Crippen LogP contribution in [0, 0.1) is 11.3 Å². The molecule has 0 saturated carbocycles. The second kappa shape index (κ2) is 9.67. The first-order valence-electron chi connectivity index (χ1n) is 8.21. The summed E-state index contributed by atoms with van der Waals surface area (Å²) in [6.07, 6.45) is 2.29. The monoisotopic (exact) mass is 345 g/mol. The summed E-state index contributed by atoms with van der Waals surface area (Å²) in [4.78, 5) is 14.4. The van der Waals surface area contributed by atoms with Crippen molar-refractivity contribution in [3.8, 4) is 17.6 Å². The van der Waals surface area contributed by atoms with Gasteiger partial charge in [0.2, 0.25) is 0 Å². The van der Waals surface area contributed by atoms with Gasteiger partial charge in [0.1, 0.15) is 11.6 Å². The van der Waals surface area contributed by atoms with Crippen LogP contribution in [0.5, 0.6) is 11.5 Å². The van der Waals surface area contributed by atoms with E-state index in [-0.39, 0.29) is 17.1 Å². The molecule has 1 heterocycles. The van der Waals surface area contributed by atoms with E-state index in [4.69, 9.17) is 9.47 Å². The highest BCUT2D eigenvalue weighted by Gasteiger charge is 2.12. The Bertz CT molecular complexity index is 661. The van der Waals surface area contributed by atoms with Crippen molar-refractivity contribution in [1.29, 1.82) is 5.26 Å². The molecule has 7 nitrogen and oxygen atoms in total. The van der Waals surface area contributed by atoms with Crippen LogP contribution < -0.4 is 10.1 Å². The second-order valence-electron chi connectivity index (χ2n) is 5.66. The number of benzene rings is 1. The van der Waals surface area contributed by atoms with Crippen LogP contribution in [0.25, 0.3) is 6.08 Å². The molecule has 2 N–H and O–H groups in total. The van der Waals surface area contributed by atoms with Crippen molar-refractivity contribution in [2.24, 2.45) is 0 Å². The van der Waals surface area contributed by atoms with Crippen molar-refractivity contribution in [2.45, 2.75) is 6.42 Å². The molecule has 1 aliphatic rings. The Kier molecular flexibility index (Phi) is 7.26. The molecule has 134 valence electrons. The predicted octanol–water partition coefficient (Wildman–Crippen LogP) is 1.15. The van der Waals surface area contributed by atoms with E-state index in [0.29, 0.717) is 12.1 Å². The number of amides is 1. The van der Waals surface area contributed by atoms with Gasteiger partial charge in [0.05, 0.1) is 20.3 Å². The van der Waals surface area contributed by atoms with Crippen molar-refractivity contribution in [1.82, 2.24) is 10.2 Å². The maximum Gasteiger partial charge on any atom is 0.261 e. The number of carbonyl (C=O) groups excluding carboxylic acids is 1. The molecule has 1 aliphatic heterocycles. The van der Waals surface area contributed by atoms with Crippen LogP contribution in [0.1, 0.15) is 12.0 Å². The quantitative estimate of drug-likeness (QED) is 0.437. The normalized spacial score (nSPS) is 15.4. The average molecular weight is 345 g/mol. The summed E-state index contributed by atoms with van der Waals surface area (Å²) < 4.78 is 10.3. The van der Waals surface area contributed by atoms with Crippen molar-refractivity contribution >= 4 is 12.0 Å². The Balaban J connectivity index is 1.86. The zero-order chi connectivity index (χ0) is 18.1. The van der Waals surface area contributed by atoms with Gasteiger partial charge in [-0.15, -0.1) is 0 Å². The number of morpholine rings is 1. The minimum absolute atomic E-state index is 0.00530. The lowest BCUT2D eigenvalue weighted by Gasteiger charge is -2.26. The van der Waals surface area contributed by atoms with E-state index in [1.807, 2.05) is 6.07 Å². The fourth-order valence-corrected chi connectivity index (χ4v) is 2.52. The van der Waals surface area contributed by atoms with Crippen LogP contribution in [0.15, 0.2) is 23.8 Å². The van der Waals surface area contributed by atoms with Crippen LogP contribution in [-0.4, -0.2) is 62.4 Å². The number of phenolic OH excluding ortho intramolecular Hbond substituents is 1. The van der Waals surface area contributed by atoms with E-state index >= 15 is 0 Å². The van der Waals surface area contributed by atoms with Gasteiger partial charge in [0.15, 0.2) is 11.5 Å². The number of carbonyl (C=O) groups is 1. The standard InChI is InChI=1S/C18H23N3O4/c1-24-17-12-14(3-4-16(17)22)11-15(13-19)18(23)20-5-2-6-21-7-9-25-10-8-21/h3-4,11-12,22H,2,5-10H2,1H3,(H,20,23)/b15-11+. The zero-order valence-electron chi connectivity index (χ0n) is 14.3. The summed E-state index contributed by atoms with van der Waals surface area (Å²) in [7, 11) is 1.44. The topological polar surface area (TPSA) is 94.8 Å². The van der Waals surface area contributed by atoms with Crippen molar-refractivity contribution in [3.63, 3.8) is 0 Å². The third kappa shape index (κ3) is 5.78. The highest BCUT2D eigenvalue weighted by atomic mass is 16.5. The molecule has 1 saturated heterocycles. The van der Waals surface area contributed by atoms with E-state index in [9.17, 15) is 15.2 Å². The lowest BCUT2D eigenvalue weighted by Crippen LogP contribution is -2.38. The number of methoxy groups -OCH3 is 1.